The second kappa shape index (κ2) is 15.8. The van der Waals surface area contributed by atoms with E-state index in [0.717, 1.165) is 0 Å². The van der Waals surface area contributed by atoms with E-state index < -0.39 is 0 Å². The third-order valence-corrected chi connectivity index (χ3v) is 0. The van der Waals surface area contributed by atoms with Gasteiger partial charge in [-0.15, -0.1) is 0 Å². The van der Waals surface area contributed by atoms with Crippen LogP contribution in [0.1, 0.15) is 2.85 Å². The molecule has 0 aliphatic carbocycles. The predicted octanol–water partition coefficient (Wildman–Crippen LogP) is -6.95. The van der Waals surface area contributed by atoms with Crippen molar-refractivity contribution in [1.29, 1.82) is 0 Å². The van der Waals surface area contributed by atoms with Gasteiger partial charge in [-0.1, -0.05) is 0 Å². The van der Waals surface area contributed by atoms with E-state index in [1.807, 2.05) is 0 Å². The molecule has 0 aromatic heterocycles. The Labute approximate surface area is 117 Å². The van der Waals surface area contributed by atoms with Crippen LogP contribution in [0, 0.1) is 0 Å². The van der Waals surface area contributed by atoms with Crippen LogP contribution in [0.3, 0.4) is 0 Å². The summed E-state index contributed by atoms with van der Waals surface area (Å²) >= 11 is 0. The predicted molar refractivity (Wildman–Crippen MR) is 12.2 cm³/mol. The molecular weight excluding hydrogens is 154 g/mol. The summed E-state index contributed by atoms with van der Waals surface area (Å²) in [6.45, 7) is 0. The van der Waals surface area contributed by atoms with Gasteiger partial charge in [-0.05, 0) is 0 Å². The average molecular weight is 160 g/mol. The summed E-state index contributed by atoms with van der Waals surface area (Å²) in [6.07, 6.45) is 0. The number of hydrogen-bond acceptors (Lipinski definition) is 0. The van der Waals surface area contributed by atoms with Crippen molar-refractivity contribution in [3.63, 3.8) is 0 Å². The van der Waals surface area contributed by atoms with Crippen molar-refractivity contribution in [2.24, 2.45) is 0 Å². The van der Waals surface area contributed by atoms with Crippen LogP contribution in [0.25, 0.3) is 0 Å². The molecule has 0 amide bonds. The molecule has 0 rings (SSSR count). The van der Waals surface area contributed by atoms with E-state index in [4.69, 9.17) is 0 Å². The number of rotatable bonds is 0. The second-order valence-electron chi connectivity index (χ2n) is 0. The van der Waals surface area contributed by atoms with Crippen molar-refractivity contribution >= 4 is 17.4 Å². The molecule has 0 aromatic rings. The fourth-order valence-electron chi connectivity index (χ4n) is 0. The first-order valence-corrected chi connectivity index (χ1v) is 0. The van der Waals surface area contributed by atoms with Crippen molar-refractivity contribution in [3.8, 4) is 0 Å². The van der Waals surface area contributed by atoms with Gasteiger partial charge in [-0.25, -0.2) is 0 Å². The zero-order valence-corrected chi connectivity index (χ0v) is 10.8. The molecule has 0 fully saturated rings. The van der Waals surface area contributed by atoms with E-state index in [-0.39, 0.29) is 121 Å². The van der Waals surface area contributed by atoms with Gasteiger partial charge in [0.25, 0.3) is 0 Å². The minimum atomic E-state index is 0. The maximum Gasteiger partial charge on any atom is 1.00 e. The Morgan fingerprint density at radius 3 is 1.25 bits per heavy atom. The molecule has 0 N–H and O–H groups in total. The van der Waals surface area contributed by atoms with Gasteiger partial charge < -0.3 is 2.85 Å². The van der Waals surface area contributed by atoms with Gasteiger partial charge >= 0.3 is 80.9 Å². The SMILES string of the molecule is [AlH3].[H-].[H-].[K+].[Na+].[Zn]. The third-order valence-electron chi connectivity index (χ3n) is 0. The summed E-state index contributed by atoms with van der Waals surface area (Å²) in [7, 11) is 0. The van der Waals surface area contributed by atoms with E-state index >= 15 is 0 Å². The topological polar surface area (TPSA) is 0 Å². The van der Waals surface area contributed by atoms with Crippen LogP contribution in [0.2, 0.25) is 0 Å². The summed E-state index contributed by atoms with van der Waals surface area (Å²) in [5, 5.41) is 0. The average Bonchev–Trinajstić information content (AvgIpc) is 0. The third kappa shape index (κ3) is 9.25. The molecule has 12 valence electrons. The van der Waals surface area contributed by atoms with Gasteiger partial charge in [0, 0.05) is 19.5 Å². The van der Waals surface area contributed by atoms with E-state index in [1.54, 1.807) is 0 Å². The summed E-state index contributed by atoms with van der Waals surface area (Å²) in [5.74, 6) is 0. The molecule has 0 aromatic carbocycles. The van der Waals surface area contributed by atoms with Crippen LogP contribution in [0.15, 0.2) is 0 Å². The second-order valence-corrected chi connectivity index (χ2v) is 0. The zero-order valence-electron chi connectivity index (χ0n) is 4.71. The maximum absolute atomic E-state index is 0. The normalized spacial score (nSPS) is 0. The molecule has 0 spiro atoms. The molecule has 0 nitrogen and oxygen atoms in total. The fraction of sp³-hybridized carbons (Fsp3) is 0. The monoisotopic (exact) mass is 158 g/mol. The Morgan fingerprint density at radius 2 is 1.25 bits per heavy atom. The Hall–Kier alpha value is 3.79. The Bertz CT molecular complexity index is 13.5. The van der Waals surface area contributed by atoms with Crippen LogP contribution in [0.4, 0.5) is 0 Å². The molecule has 0 atom stereocenters. The Morgan fingerprint density at radius 1 is 1.25 bits per heavy atom. The molecule has 0 radical (unpaired) electrons. The van der Waals surface area contributed by atoms with E-state index in [9.17, 15) is 0 Å². The van der Waals surface area contributed by atoms with Crippen molar-refractivity contribution in [2.45, 2.75) is 0 Å². The summed E-state index contributed by atoms with van der Waals surface area (Å²) in [5.41, 5.74) is 0. The molecule has 0 saturated heterocycles. The maximum atomic E-state index is 0. The van der Waals surface area contributed by atoms with Crippen LogP contribution in [-0.4, -0.2) is 17.4 Å². The fourth-order valence-corrected chi connectivity index (χ4v) is 0. The van der Waals surface area contributed by atoms with Crippen molar-refractivity contribution in [3.05, 3.63) is 0 Å². The molecular formula is H5AlKNaZn. The standard InChI is InChI=1S/Al.K.Na.Zn.5H/q;2*+1;;;;;2*-1. The van der Waals surface area contributed by atoms with Gasteiger partial charge in [-0.2, -0.15) is 0 Å². The largest absolute Gasteiger partial charge is 1.00 e. The van der Waals surface area contributed by atoms with E-state index in [0.29, 0.717) is 0 Å². The molecule has 0 aliphatic heterocycles. The van der Waals surface area contributed by atoms with Crippen molar-refractivity contribution in [2.75, 3.05) is 0 Å². The number of hydrogen-bond donors (Lipinski definition) is 0. The van der Waals surface area contributed by atoms with Gasteiger partial charge in [-0.3, -0.25) is 0 Å². The molecule has 4 heavy (non-hydrogen) atoms. The summed E-state index contributed by atoms with van der Waals surface area (Å²) in [4.78, 5) is 0. The van der Waals surface area contributed by atoms with Crippen LogP contribution < -0.4 is 80.9 Å². The molecule has 0 aliphatic rings. The molecule has 0 heterocycles. The molecule has 0 unspecified atom stereocenters. The summed E-state index contributed by atoms with van der Waals surface area (Å²) in [6, 6.07) is 0. The van der Waals surface area contributed by atoms with Gasteiger partial charge in [0.1, 0.15) is 0 Å². The van der Waals surface area contributed by atoms with E-state index in [2.05, 4.69) is 0 Å². The molecule has 4 heteroatoms. The van der Waals surface area contributed by atoms with Crippen LogP contribution >= 0.6 is 0 Å². The van der Waals surface area contributed by atoms with E-state index in [1.165, 1.54) is 0 Å². The van der Waals surface area contributed by atoms with Gasteiger partial charge in [0.2, 0.25) is 0 Å². The zero-order chi connectivity index (χ0) is 0. The Balaban J connectivity index is 0. The van der Waals surface area contributed by atoms with Gasteiger partial charge in [0.05, 0.1) is 0 Å². The first-order chi connectivity index (χ1) is 0. The van der Waals surface area contributed by atoms with Crippen LogP contribution in [-0.2, 0) is 19.5 Å². The minimum Gasteiger partial charge on any atom is -1.00 e. The van der Waals surface area contributed by atoms with Crippen molar-refractivity contribution in [1.82, 2.24) is 0 Å². The quantitative estimate of drug-likeness (QED) is 0.308. The molecule has 0 bridgehead atoms. The first-order valence-electron chi connectivity index (χ1n) is 0. The van der Waals surface area contributed by atoms with Crippen molar-refractivity contribution < 1.29 is 103 Å². The summed E-state index contributed by atoms with van der Waals surface area (Å²) < 4.78 is 0. The van der Waals surface area contributed by atoms with Crippen LogP contribution in [0.5, 0.6) is 0 Å². The van der Waals surface area contributed by atoms with Gasteiger partial charge in [0.15, 0.2) is 17.4 Å². The first kappa shape index (κ1) is 25.0. The smallest absolute Gasteiger partial charge is 1.00 e. The minimum absolute atomic E-state index is 0. The Kier molecular flexibility index (Phi) is 99.0. The molecule has 0 saturated carbocycles.